The summed E-state index contributed by atoms with van der Waals surface area (Å²) in [6.45, 7) is 1.95. The SMILES string of the molecule is CN(C)c1nc(N2CCCCC2)ncc1NC(=O)c1nc2ccccc2s1. The van der Waals surface area contributed by atoms with E-state index in [1.807, 2.05) is 43.3 Å². The van der Waals surface area contributed by atoms with Crippen LogP contribution in [-0.4, -0.2) is 48.0 Å². The van der Waals surface area contributed by atoms with Crippen molar-refractivity contribution in [2.24, 2.45) is 0 Å². The smallest absolute Gasteiger partial charge is 0.284 e. The maximum absolute atomic E-state index is 12.7. The van der Waals surface area contributed by atoms with E-state index in [0.29, 0.717) is 16.5 Å². The van der Waals surface area contributed by atoms with Crippen LogP contribution in [0.2, 0.25) is 0 Å². The number of piperidine rings is 1. The molecule has 1 aliphatic rings. The molecule has 0 bridgehead atoms. The highest BCUT2D eigenvalue weighted by Gasteiger charge is 2.19. The number of para-hydroxylation sites is 1. The van der Waals surface area contributed by atoms with Crippen LogP contribution in [0.3, 0.4) is 0 Å². The van der Waals surface area contributed by atoms with Gasteiger partial charge in [-0.05, 0) is 31.4 Å². The molecule has 0 unspecified atom stereocenters. The van der Waals surface area contributed by atoms with Gasteiger partial charge in [0.1, 0.15) is 5.69 Å². The minimum Gasteiger partial charge on any atom is -0.361 e. The number of amides is 1. The van der Waals surface area contributed by atoms with Crippen molar-refractivity contribution in [3.8, 4) is 0 Å². The molecule has 140 valence electrons. The lowest BCUT2D eigenvalue weighted by molar-refractivity contribution is 0.102. The molecule has 1 amide bonds. The largest absolute Gasteiger partial charge is 0.361 e. The van der Waals surface area contributed by atoms with Crippen LogP contribution in [0.25, 0.3) is 10.2 Å². The van der Waals surface area contributed by atoms with Gasteiger partial charge in [0.25, 0.3) is 5.91 Å². The Morgan fingerprint density at radius 2 is 1.93 bits per heavy atom. The molecule has 2 aromatic heterocycles. The van der Waals surface area contributed by atoms with Gasteiger partial charge in [-0.25, -0.2) is 9.97 Å². The Bertz CT molecular complexity index is 931. The highest BCUT2D eigenvalue weighted by Crippen LogP contribution is 2.27. The number of hydrogen-bond donors (Lipinski definition) is 1. The van der Waals surface area contributed by atoms with Crippen molar-refractivity contribution in [1.29, 1.82) is 0 Å². The van der Waals surface area contributed by atoms with Crippen molar-refractivity contribution in [3.05, 3.63) is 35.5 Å². The lowest BCUT2D eigenvalue weighted by Crippen LogP contribution is -2.31. The minimum atomic E-state index is -0.242. The Balaban J connectivity index is 1.59. The molecule has 0 aliphatic carbocycles. The first kappa shape index (κ1) is 17.7. The van der Waals surface area contributed by atoms with Gasteiger partial charge in [0.15, 0.2) is 10.8 Å². The number of nitrogens with one attached hydrogen (secondary N) is 1. The first-order valence-corrected chi connectivity index (χ1v) is 9.90. The summed E-state index contributed by atoms with van der Waals surface area (Å²) >= 11 is 1.38. The summed E-state index contributed by atoms with van der Waals surface area (Å²) in [5.74, 6) is 1.17. The van der Waals surface area contributed by atoms with Gasteiger partial charge >= 0.3 is 0 Å². The van der Waals surface area contributed by atoms with Crippen LogP contribution in [0, 0.1) is 0 Å². The van der Waals surface area contributed by atoms with Gasteiger partial charge in [0, 0.05) is 27.2 Å². The van der Waals surface area contributed by atoms with Crippen LogP contribution in [0.15, 0.2) is 30.5 Å². The number of carbonyl (C=O) groups excluding carboxylic acids is 1. The standard InChI is InChI=1S/C19H22N6OS/c1-24(2)16-14(12-20-19(23-16)25-10-6-3-7-11-25)21-17(26)18-22-13-8-4-5-9-15(13)27-18/h4-5,8-9,12H,3,6-7,10-11H2,1-2H3,(H,21,26). The predicted octanol–water partition coefficient (Wildman–Crippen LogP) is 3.39. The van der Waals surface area contributed by atoms with Crippen LogP contribution >= 0.6 is 11.3 Å². The summed E-state index contributed by atoms with van der Waals surface area (Å²) in [6.07, 6.45) is 5.28. The second-order valence-corrected chi connectivity index (χ2v) is 7.82. The number of fused-ring (bicyclic) bond motifs is 1. The predicted molar refractivity (Wildman–Crippen MR) is 110 cm³/mol. The Labute approximate surface area is 162 Å². The van der Waals surface area contributed by atoms with Gasteiger partial charge in [0.05, 0.1) is 16.4 Å². The third-order valence-electron chi connectivity index (χ3n) is 4.55. The van der Waals surface area contributed by atoms with E-state index in [-0.39, 0.29) is 5.91 Å². The molecule has 0 saturated carbocycles. The van der Waals surface area contributed by atoms with E-state index in [1.54, 1.807) is 6.20 Å². The number of thiazole rings is 1. The zero-order valence-corrected chi connectivity index (χ0v) is 16.3. The number of aromatic nitrogens is 3. The molecular formula is C19H22N6OS. The second-order valence-electron chi connectivity index (χ2n) is 6.79. The summed E-state index contributed by atoms with van der Waals surface area (Å²) in [7, 11) is 3.82. The number of nitrogens with zero attached hydrogens (tertiary/aromatic N) is 5. The molecule has 1 N–H and O–H groups in total. The lowest BCUT2D eigenvalue weighted by Gasteiger charge is -2.27. The van der Waals surface area contributed by atoms with E-state index in [0.717, 1.165) is 42.1 Å². The number of rotatable bonds is 4. The van der Waals surface area contributed by atoms with Crippen LogP contribution in [-0.2, 0) is 0 Å². The van der Waals surface area contributed by atoms with Gasteiger partial charge in [0.2, 0.25) is 5.95 Å². The molecule has 0 atom stereocenters. The molecule has 27 heavy (non-hydrogen) atoms. The Hall–Kier alpha value is -2.74. The molecule has 4 rings (SSSR count). The average Bonchev–Trinajstić information content (AvgIpc) is 3.13. The zero-order valence-electron chi connectivity index (χ0n) is 15.5. The minimum absolute atomic E-state index is 0.242. The quantitative estimate of drug-likeness (QED) is 0.745. The Morgan fingerprint density at radius 3 is 2.67 bits per heavy atom. The van der Waals surface area contributed by atoms with Gasteiger partial charge in [-0.1, -0.05) is 12.1 Å². The van der Waals surface area contributed by atoms with Crippen LogP contribution in [0.4, 0.5) is 17.5 Å². The molecule has 7 nitrogen and oxygen atoms in total. The highest BCUT2D eigenvalue weighted by molar-refractivity contribution is 7.20. The van der Waals surface area contributed by atoms with E-state index in [4.69, 9.17) is 4.98 Å². The first-order chi connectivity index (χ1) is 13.1. The zero-order chi connectivity index (χ0) is 18.8. The fourth-order valence-electron chi connectivity index (χ4n) is 3.18. The molecule has 3 aromatic rings. The molecular weight excluding hydrogens is 360 g/mol. The molecule has 1 saturated heterocycles. The van der Waals surface area contributed by atoms with Crippen molar-refractivity contribution >= 4 is 44.9 Å². The third-order valence-corrected chi connectivity index (χ3v) is 5.59. The molecule has 3 heterocycles. The van der Waals surface area contributed by atoms with E-state index >= 15 is 0 Å². The van der Waals surface area contributed by atoms with Crippen molar-refractivity contribution < 1.29 is 4.79 Å². The van der Waals surface area contributed by atoms with E-state index in [2.05, 4.69) is 20.2 Å². The van der Waals surface area contributed by atoms with E-state index in [9.17, 15) is 4.79 Å². The fourth-order valence-corrected chi connectivity index (χ4v) is 4.05. The molecule has 1 aliphatic heterocycles. The van der Waals surface area contributed by atoms with Crippen LogP contribution < -0.4 is 15.1 Å². The maximum Gasteiger partial charge on any atom is 0.284 e. The number of anilines is 3. The van der Waals surface area contributed by atoms with Gasteiger partial charge in [-0.15, -0.1) is 11.3 Å². The van der Waals surface area contributed by atoms with Crippen molar-refractivity contribution in [2.45, 2.75) is 19.3 Å². The van der Waals surface area contributed by atoms with E-state index < -0.39 is 0 Å². The number of benzene rings is 1. The molecule has 0 spiro atoms. The number of carbonyl (C=O) groups is 1. The number of hydrogen-bond acceptors (Lipinski definition) is 7. The molecule has 1 aromatic carbocycles. The van der Waals surface area contributed by atoms with Crippen LogP contribution in [0.1, 0.15) is 29.1 Å². The summed E-state index contributed by atoms with van der Waals surface area (Å²) in [5, 5.41) is 3.35. The van der Waals surface area contributed by atoms with Crippen molar-refractivity contribution in [1.82, 2.24) is 15.0 Å². The molecule has 1 fully saturated rings. The molecule has 0 radical (unpaired) electrons. The summed E-state index contributed by atoms with van der Waals surface area (Å²) in [6, 6.07) is 7.73. The van der Waals surface area contributed by atoms with Crippen molar-refractivity contribution in [3.63, 3.8) is 0 Å². The Morgan fingerprint density at radius 1 is 1.15 bits per heavy atom. The van der Waals surface area contributed by atoms with Crippen molar-refractivity contribution in [2.75, 3.05) is 42.3 Å². The monoisotopic (exact) mass is 382 g/mol. The topological polar surface area (TPSA) is 74.2 Å². The summed E-state index contributed by atoms with van der Waals surface area (Å²) in [4.78, 5) is 30.4. The molecule has 8 heteroatoms. The average molecular weight is 382 g/mol. The van der Waals surface area contributed by atoms with Crippen LogP contribution in [0.5, 0.6) is 0 Å². The van der Waals surface area contributed by atoms with E-state index in [1.165, 1.54) is 17.8 Å². The maximum atomic E-state index is 12.7. The third kappa shape index (κ3) is 3.71. The summed E-state index contributed by atoms with van der Waals surface area (Å²) in [5.41, 5.74) is 1.42. The first-order valence-electron chi connectivity index (χ1n) is 9.08. The van der Waals surface area contributed by atoms with Gasteiger partial charge in [-0.3, -0.25) is 4.79 Å². The lowest BCUT2D eigenvalue weighted by atomic mass is 10.1. The fraction of sp³-hybridized carbons (Fsp3) is 0.368. The summed E-state index contributed by atoms with van der Waals surface area (Å²) < 4.78 is 0.993. The highest BCUT2D eigenvalue weighted by atomic mass is 32.1. The van der Waals surface area contributed by atoms with Gasteiger partial charge in [-0.2, -0.15) is 4.98 Å². The normalized spacial score (nSPS) is 14.4. The Kier molecular flexibility index (Phi) is 4.89. The second kappa shape index (κ2) is 7.48. The van der Waals surface area contributed by atoms with Gasteiger partial charge < -0.3 is 15.1 Å².